The van der Waals surface area contributed by atoms with E-state index in [0.29, 0.717) is 5.16 Å². The summed E-state index contributed by atoms with van der Waals surface area (Å²) in [5.41, 5.74) is 0. The van der Waals surface area contributed by atoms with Crippen molar-refractivity contribution in [1.29, 1.82) is 0 Å². The second kappa shape index (κ2) is 11.8. The maximum absolute atomic E-state index is 3.24. The van der Waals surface area contributed by atoms with Crippen molar-refractivity contribution in [2.45, 2.75) is 90.6 Å². The minimum absolute atomic E-state index is 0. The van der Waals surface area contributed by atoms with Gasteiger partial charge in [-0.05, 0) is 36.8 Å². The van der Waals surface area contributed by atoms with E-state index in [2.05, 4.69) is 36.9 Å². The van der Waals surface area contributed by atoms with E-state index in [1.807, 2.05) is 0 Å². The summed E-state index contributed by atoms with van der Waals surface area (Å²) in [6.45, 7) is 9.31. The van der Waals surface area contributed by atoms with Gasteiger partial charge in [-0.15, -0.1) is 21.6 Å². The number of rotatable bonds is 10. The predicted molar refractivity (Wildman–Crippen MR) is 87.4 cm³/mol. The molecule has 0 aliphatic carbocycles. The molecular formula is C15H34ClP. The van der Waals surface area contributed by atoms with E-state index < -0.39 is 0 Å². The van der Waals surface area contributed by atoms with Gasteiger partial charge in [-0.2, -0.15) is 0 Å². The Morgan fingerprint density at radius 2 is 1.35 bits per heavy atom. The molecule has 2 atom stereocenters. The van der Waals surface area contributed by atoms with E-state index in [1.165, 1.54) is 57.8 Å². The van der Waals surface area contributed by atoms with Crippen molar-refractivity contribution >= 4 is 21.6 Å². The van der Waals surface area contributed by atoms with Gasteiger partial charge in [0.05, 0.1) is 0 Å². The van der Waals surface area contributed by atoms with Crippen LogP contribution in [0, 0.1) is 5.92 Å². The zero-order valence-corrected chi connectivity index (χ0v) is 14.4. The van der Waals surface area contributed by atoms with Crippen LogP contribution in [-0.2, 0) is 0 Å². The molecule has 106 valence electrons. The zero-order chi connectivity index (χ0) is 12.4. The van der Waals surface area contributed by atoms with Gasteiger partial charge in [0, 0.05) is 0 Å². The summed E-state index contributed by atoms with van der Waals surface area (Å²) >= 11 is 0. The summed E-state index contributed by atoms with van der Waals surface area (Å²) in [6, 6.07) is 0. The quantitative estimate of drug-likeness (QED) is 0.416. The lowest BCUT2D eigenvalue weighted by Gasteiger charge is -2.38. The van der Waals surface area contributed by atoms with E-state index in [4.69, 9.17) is 0 Å². The minimum Gasteiger partial charge on any atom is -0.147 e. The first kappa shape index (κ1) is 20.0. The molecule has 0 spiro atoms. The molecule has 0 aromatic carbocycles. The van der Waals surface area contributed by atoms with Crippen molar-refractivity contribution < 1.29 is 0 Å². The van der Waals surface area contributed by atoms with E-state index >= 15 is 0 Å². The molecule has 0 radical (unpaired) electrons. The van der Waals surface area contributed by atoms with Crippen molar-refractivity contribution in [2.75, 3.05) is 0 Å². The highest BCUT2D eigenvalue weighted by atomic mass is 35.5. The minimum atomic E-state index is 0. The standard InChI is InChI=1S/C15H33P.ClH/c1-5-9-11-14(10-6-2)15(16,12-7-3)13-8-4;/h14H,5-13,16H2,1-4H3;1H. The van der Waals surface area contributed by atoms with Gasteiger partial charge >= 0.3 is 0 Å². The lowest BCUT2D eigenvalue weighted by molar-refractivity contribution is 0.286. The second-order valence-electron chi connectivity index (χ2n) is 5.36. The van der Waals surface area contributed by atoms with E-state index in [9.17, 15) is 0 Å². The Morgan fingerprint density at radius 1 is 0.824 bits per heavy atom. The average Bonchev–Trinajstić information content (AvgIpc) is 2.24. The highest BCUT2D eigenvalue weighted by molar-refractivity contribution is 7.19. The van der Waals surface area contributed by atoms with E-state index in [0.717, 1.165) is 5.92 Å². The molecule has 0 aromatic rings. The predicted octanol–water partition coefficient (Wildman–Crippen LogP) is 6.23. The topological polar surface area (TPSA) is 0 Å². The molecule has 0 aliphatic heterocycles. The van der Waals surface area contributed by atoms with Gasteiger partial charge in [-0.25, -0.2) is 0 Å². The molecular weight excluding hydrogens is 247 g/mol. The Morgan fingerprint density at radius 3 is 1.71 bits per heavy atom. The van der Waals surface area contributed by atoms with Gasteiger partial charge in [0.2, 0.25) is 0 Å². The van der Waals surface area contributed by atoms with Crippen LogP contribution in [0.25, 0.3) is 0 Å². The van der Waals surface area contributed by atoms with Crippen molar-refractivity contribution in [3.05, 3.63) is 0 Å². The lowest BCUT2D eigenvalue weighted by atomic mass is 9.78. The molecule has 0 fully saturated rings. The van der Waals surface area contributed by atoms with Gasteiger partial charge in [0.25, 0.3) is 0 Å². The summed E-state index contributed by atoms with van der Waals surface area (Å²) in [5, 5.41) is 0.536. The van der Waals surface area contributed by atoms with Crippen LogP contribution in [0.15, 0.2) is 0 Å². The summed E-state index contributed by atoms with van der Waals surface area (Å²) in [4.78, 5) is 0. The van der Waals surface area contributed by atoms with Crippen molar-refractivity contribution in [3.63, 3.8) is 0 Å². The molecule has 0 bridgehead atoms. The molecule has 0 heterocycles. The molecule has 17 heavy (non-hydrogen) atoms. The lowest BCUT2D eigenvalue weighted by Crippen LogP contribution is -2.31. The molecule has 0 aliphatic rings. The van der Waals surface area contributed by atoms with Crippen molar-refractivity contribution in [2.24, 2.45) is 5.92 Å². The van der Waals surface area contributed by atoms with Crippen LogP contribution >= 0.6 is 21.6 Å². The molecule has 0 aromatic heterocycles. The maximum atomic E-state index is 3.24. The Bertz CT molecular complexity index is 153. The van der Waals surface area contributed by atoms with Gasteiger partial charge in [0.1, 0.15) is 0 Å². The third-order valence-electron chi connectivity index (χ3n) is 3.79. The fourth-order valence-electron chi connectivity index (χ4n) is 2.98. The second-order valence-corrected chi connectivity index (χ2v) is 6.51. The third-order valence-corrected chi connectivity index (χ3v) is 4.84. The van der Waals surface area contributed by atoms with Crippen LogP contribution < -0.4 is 0 Å². The summed E-state index contributed by atoms with van der Waals surface area (Å²) in [6.07, 6.45) is 12.4. The number of halogens is 1. The van der Waals surface area contributed by atoms with Gasteiger partial charge in [-0.1, -0.05) is 59.8 Å². The number of hydrogen-bond acceptors (Lipinski definition) is 0. The average molecular weight is 281 g/mol. The first-order valence-corrected chi connectivity index (χ1v) is 8.01. The highest BCUT2D eigenvalue weighted by Gasteiger charge is 2.31. The highest BCUT2D eigenvalue weighted by Crippen LogP contribution is 2.42. The Labute approximate surface area is 118 Å². The molecule has 0 saturated carbocycles. The Kier molecular flexibility index (Phi) is 13.9. The summed E-state index contributed by atoms with van der Waals surface area (Å²) < 4.78 is 0. The van der Waals surface area contributed by atoms with Crippen LogP contribution in [0.2, 0.25) is 0 Å². The third kappa shape index (κ3) is 7.68. The molecule has 0 saturated heterocycles. The summed E-state index contributed by atoms with van der Waals surface area (Å²) in [7, 11) is 3.24. The monoisotopic (exact) mass is 280 g/mol. The molecule has 0 amide bonds. The molecule has 0 rings (SSSR count). The largest absolute Gasteiger partial charge is 0.147 e. The fraction of sp³-hybridized carbons (Fsp3) is 1.00. The fourth-order valence-corrected chi connectivity index (χ4v) is 3.89. The van der Waals surface area contributed by atoms with Crippen LogP contribution in [-0.4, -0.2) is 5.16 Å². The zero-order valence-electron chi connectivity index (χ0n) is 12.4. The first-order chi connectivity index (χ1) is 7.64. The van der Waals surface area contributed by atoms with Crippen molar-refractivity contribution in [3.8, 4) is 0 Å². The Balaban J connectivity index is 0. The van der Waals surface area contributed by atoms with Gasteiger partial charge in [-0.3, -0.25) is 0 Å². The molecule has 0 nitrogen and oxygen atoms in total. The van der Waals surface area contributed by atoms with Crippen LogP contribution in [0.5, 0.6) is 0 Å². The number of unbranched alkanes of at least 4 members (excludes halogenated alkanes) is 1. The molecule has 2 unspecified atom stereocenters. The smallest absolute Gasteiger partial charge is 0.0122 e. The van der Waals surface area contributed by atoms with Crippen LogP contribution in [0.4, 0.5) is 0 Å². The summed E-state index contributed by atoms with van der Waals surface area (Å²) in [5.74, 6) is 0.933. The molecule has 2 heteroatoms. The normalized spacial score (nSPS) is 13.2. The van der Waals surface area contributed by atoms with E-state index in [1.54, 1.807) is 0 Å². The van der Waals surface area contributed by atoms with Crippen LogP contribution in [0.1, 0.15) is 85.5 Å². The molecule has 0 N–H and O–H groups in total. The van der Waals surface area contributed by atoms with Gasteiger partial charge in [0.15, 0.2) is 0 Å². The van der Waals surface area contributed by atoms with Crippen LogP contribution in [0.3, 0.4) is 0 Å². The first-order valence-electron chi connectivity index (χ1n) is 7.43. The van der Waals surface area contributed by atoms with Gasteiger partial charge < -0.3 is 0 Å². The Hall–Kier alpha value is 0.720. The van der Waals surface area contributed by atoms with Crippen molar-refractivity contribution in [1.82, 2.24) is 0 Å². The SMILES string of the molecule is CCCCC(CCC)C(P)(CCC)CCC.Cl. The van der Waals surface area contributed by atoms with E-state index in [-0.39, 0.29) is 12.4 Å². The number of hydrogen-bond donors (Lipinski definition) is 0. The maximum Gasteiger partial charge on any atom is -0.0122 e.